The Hall–Kier alpha value is -0.780. The van der Waals surface area contributed by atoms with E-state index >= 15 is 0 Å². The Morgan fingerprint density at radius 1 is 1.50 bits per heavy atom. The standard InChI is InChI=1S/C14H21BrN2O2.ClH/c1-4-7-14(2,16)13(18)17-9-10-5-6-12(19-3)11(15)8-10;/h5-6,8H,4,7,9,16H2,1-3H3,(H,17,18);1H. The van der Waals surface area contributed by atoms with Crippen molar-refractivity contribution in [2.45, 2.75) is 38.8 Å². The number of halogens is 2. The van der Waals surface area contributed by atoms with E-state index in [1.54, 1.807) is 14.0 Å². The van der Waals surface area contributed by atoms with Crippen molar-refractivity contribution < 1.29 is 9.53 Å². The second-order valence-electron chi connectivity index (χ2n) is 4.82. The average Bonchev–Trinajstić information content (AvgIpc) is 2.36. The first-order chi connectivity index (χ1) is 8.90. The number of rotatable bonds is 6. The van der Waals surface area contributed by atoms with Crippen molar-refractivity contribution in [3.05, 3.63) is 28.2 Å². The molecule has 4 nitrogen and oxygen atoms in total. The first-order valence-corrected chi connectivity index (χ1v) is 7.09. The smallest absolute Gasteiger partial charge is 0.240 e. The predicted octanol–water partition coefficient (Wildman–Crippen LogP) is 3.01. The molecule has 1 atom stereocenters. The van der Waals surface area contributed by atoms with E-state index in [0.29, 0.717) is 13.0 Å². The monoisotopic (exact) mass is 364 g/mol. The summed E-state index contributed by atoms with van der Waals surface area (Å²) in [6.07, 6.45) is 1.56. The van der Waals surface area contributed by atoms with Gasteiger partial charge in [-0.05, 0) is 47.0 Å². The van der Waals surface area contributed by atoms with E-state index in [1.807, 2.05) is 25.1 Å². The summed E-state index contributed by atoms with van der Waals surface area (Å²) in [6.45, 7) is 4.23. The van der Waals surface area contributed by atoms with Gasteiger partial charge in [0.25, 0.3) is 0 Å². The Kier molecular flexibility index (Phi) is 8.16. The third kappa shape index (κ3) is 5.31. The average molecular weight is 366 g/mol. The van der Waals surface area contributed by atoms with E-state index < -0.39 is 5.54 Å². The van der Waals surface area contributed by atoms with Crippen LogP contribution in [0.1, 0.15) is 32.3 Å². The Bertz CT molecular complexity index is 453. The molecule has 0 aliphatic rings. The van der Waals surface area contributed by atoms with Crippen LogP contribution in [0.5, 0.6) is 5.75 Å². The summed E-state index contributed by atoms with van der Waals surface area (Å²) in [5.41, 5.74) is 6.16. The molecule has 1 amide bonds. The zero-order chi connectivity index (χ0) is 14.5. The summed E-state index contributed by atoms with van der Waals surface area (Å²) in [5.74, 6) is 0.644. The molecule has 0 saturated carbocycles. The van der Waals surface area contributed by atoms with Crippen LogP contribution in [0.25, 0.3) is 0 Å². The van der Waals surface area contributed by atoms with Crippen molar-refractivity contribution in [1.82, 2.24) is 5.32 Å². The van der Waals surface area contributed by atoms with Crippen LogP contribution in [0, 0.1) is 0 Å². The third-order valence-electron chi connectivity index (χ3n) is 2.96. The molecule has 0 saturated heterocycles. The molecule has 0 heterocycles. The molecule has 0 aliphatic heterocycles. The van der Waals surface area contributed by atoms with E-state index in [9.17, 15) is 4.79 Å². The van der Waals surface area contributed by atoms with Gasteiger partial charge in [-0.25, -0.2) is 0 Å². The third-order valence-corrected chi connectivity index (χ3v) is 3.58. The lowest BCUT2D eigenvalue weighted by molar-refractivity contribution is -0.126. The Morgan fingerprint density at radius 3 is 2.65 bits per heavy atom. The van der Waals surface area contributed by atoms with Crippen LogP contribution in [0.4, 0.5) is 0 Å². The van der Waals surface area contributed by atoms with Crippen LogP contribution in [-0.2, 0) is 11.3 Å². The van der Waals surface area contributed by atoms with Crippen molar-refractivity contribution in [3.63, 3.8) is 0 Å². The quantitative estimate of drug-likeness (QED) is 0.814. The number of nitrogens with one attached hydrogen (secondary N) is 1. The molecule has 0 radical (unpaired) electrons. The molecule has 1 aromatic rings. The van der Waals surface area contributed by atoms with Gasteiger partial charge < -0.3 is 15.8 Å². The molecule has 20 heavy (non-hydrogen) atoms. The lowest BCUT2D eigenvalue weighted by atomic mass is 9.96. The SMILES string of the molecule is CCCC(C)(N)C(=O)NCc1ccc(OC)c(Br)c1.Cl. The molecule has 0 aliphatic carbocycles. The van der Waals surface area contributed by atoms with E-state index in [-0.39, 0.29) is 18.3 Å². The minimum absolute atomic E-state index is 0. The molecule has 0 bridgehead atoms. The molecule has 1 aromatic carbocycles. The van der Waals surface area contributed by atoms with E-state index in [2.05, 4.69) is 21.2 Å². The van der Waals surface area contributed by atoms with Gasteiger partial charge in [-0.2, -0.15) is 0 Å². The van der Waals surface area contributed by atoms with Crippen molar-refractivity contribution in [2.75, 3.05) is 7.11 Å². The van der Waals surface area contributed by atoms with Gasteiger partial charge in [0.15, 0.2) is 0 Å². The van der Waals surface area contributed by atoms with Gasteiger partial charge in [0.2, 0.25) is 5.91 Å². The molecule has 0 fully saturated rings. The van der Waals surface area contributed by atoms with Crippen molar-refractivity contribution >= 4 is 34.2 Å². The number of amides is 1. The number of nitrogens with two attached hydrogens (primary N) is 1. The zero-order valence-corrected chi connectivity index (χ0v) is 14.4. The summed E-state index contributed by atoms with van der Waals surface area (Å²) in [4.78, 5) is 12.0. The molecule has 1 rings (SSSR count). The molecule has 0 spiro atoms. The number of methoxy groups -OCH3 is 1. The zero-order valence-electron chi connectivity index (χ0n) is 12.0. The maximum atomic E-state index is 12.0. The second kappa shape index (κ2) is 8.49. The van der Waals surface area contributed by atoms with E-state index in [1.165, 1.54) is 0 Å². The number of ether oxygens (including phenoxy) is 1. The minimum Gasteiger partial charge on any atom is -0.496 e. The van der Waals surface area contributed by atoms with Gasteiger partial charge in [-0.3, -0.25) is 4.79 Å². The van der Waals surface area contributed by atoms with Crippen LogP contribution >= 0.6 is 28.3 Å². The summed E-state index contributed by atoms with van der Waals surface area (Å²) in [5, 5.41) is 2.86. The highest BCUT2D eigenvalue weighted by Gasteiger charge is 2.26. The maximum Gasteiger partial charge on any atom is 0.240 e. The minimum atomic E-state index is -0.807. The Balaban J connectivity index is 0.00000361. The number of carbonyl (C=O) groups is 1. The normalized spacial score (nSPS) is 13.1. The van der Waals surface area contributed by atoms with Gasteiger partial charge in [0, 0.05) is 6.54 Å². The largest absolute Gasteiger partial charge is 0.496 e. The lowest BCUT2D eigenvalue weighted by Gasteiger charge is -2.22. The highest BCUT2D eigenvalue weighted by atomic mass is 79.9. The second-order valence-corrected chi connectivity index (χ2v) is 5.67. The fourth-order valence-corrected chi connectivity index (χ4v) is 2.43. The van der Waals surface area contributed by atoms with Gasteiger partial charge in [-0.1, -0.05) is 19.4 Å². The number of hydrogen-bond acceptors (Lipinski definition) is 3. The number of hydrogen-bond donors (Lipinski definition) is 2. The number of carbonyl (C=O) groups excluding carboxylic acids is 1. The molecule has 1 unspecified atom stereocenters. The van der Waals surface area contributed by atoms with Crippen molar-refractivity contribution in [1.29, 1.82) is 0 Å². The molecular weight excluding hydrogens is 344 g/mol. The van der Waals surface area contributed by atoms with Gasteiger partial charge in [0.1, 0.15) is 5.75 Å². The molecular formula is C14H22BrClN2O2. The first kappa shape index (κ1) is 19.2. The van der Waals surface area contributed by atoms with Gasteiger partial charge in [-0.15, -0.1) is 12.4 Å². The maximum absolute atomic E-state index is 12.0. The van der Waals surface area contributed by atoms with Gasteiger partial charge in [0.05, 0.1) is 17.1 Å². The summed E-state index contributed by atoms with van der Waals surface area (Å²) in [6, 6.07) is 5.70. The molecule has 3 N–H and O–H groups in total. The van der Waals surface area contributed by atoms with Crippen LogP contribution in [-0.4, -0.2) is 18.6 Å². The first-order valence-electron chi connectivity index (χ1n) is 6.30. The van der Waals surface area contributed by atoms with Crippen LogP contribution < -0.4 is 15.8 Å². The molecule has 0 aromatic heterocycles. The van der Waals surface area contributed by atoms with E-state index in [4.69, 9.17) is 10.5 Å². The molecule has 6 heteroatoms. The highest BCUT2D eigenvalue weighted by molar-refractivity contribution is 9.10. The molecule has 114 valence electrons. The topological polar surface area (TPSA) is 64.4 Å². The summed E-state index contributed by atoms with van der Waals surface area (Å²) < 4.78 is 6.02. The lowest BCUT2D eigenvalue weighted by Crippen LogP contribution is -2.51. The fraction of sp³-hybridized carbons (Fsp3) is 0.500. The highest BCUT2D eigenvalue weighted by Crippen LogP contribution is 2.25. The summed E-state index contributed by atoms with van der Waals surface area (Å²) >= 11 is 3.42. The Labute approximate surface area is 135 Å². The number of benzene rings is 1. The fourth-order valence-electron chi connectivity index (χ4n) is 1.84. The summed E-state index contributed by atoms with van der Waals surface area (Å²) in [7, 11) is 1.62. The van der Waals surface area contributed by atoms with Crippen molar-refractivity contribution in [3.8, 4) is 5.75 Å². The van der Waals surface area contributed by atoms with Crippen LogP contribution in [0.15, 0.2) is 22.7 Å². The van der Waals surface area contributed by atoms with Gasteiger partial charge >= 0.3 is 0 Å². The predicted molar refractivity (Wildman–Crippen MR) is 87.3 cm³/mol. The van der Waals surface area contributed by atoms with E-state index in [0.717, 1.165) is 22.2 Å². The Morgan fingerprint density at radius 2 is 2.15 bits per heavy atom. The van der Waals surface area contributed by atoms with Crippen LogP contribution in [0.2, 0.25) is 0 Å². The van der Waals surface area contributed by atoms with Crippen LogP contribution in [0.3, 0.4) is 0 Å². The van der Waals surface area contributed by atoms with Crippen molar-refractivity contribution in [2.24, 2.45) is 5.73 Å².